The molecule has 1 fully saturated rings. The number of hydrogen-bond acceptors (Lipinski definition) is 5. The summed E-state index contributed by atoms with van der Waals surface area (Å²) in [5.41, 5.74) is 5.11. The SMILES string of the molecule is CC[C@@H](C)c1ccc(OCCOc2c(Br)cc(/C=C3/C(=O)NN(c4ccccc4)C3=O)cc2OC)cc1. The smallest absolute Gasteiger partial charge is 0.282 e. The molecule has 0 bridgehead atoms. The minimum atomic E-state index is -0.474. The minimum absolute atomic E-state index is 0.0271. The summed E-state index contributed by atoms with van der Waals surface area (Å²) >= 11 is 3.52. The molecule has 1 N–H and O–H groups in total. The summed E-state index contributed by atoms with van der Waals surface area (Å²) < 4.78 is 17.9. The zero-order valence-corrected chi connectivity index (χ0v) is 22.6. The number of nitrogens with zero attached hydrogens (tertiary/aromatic N) is 1. The Morgan fingerprint density at radius 1 is 1.00 bits per heavy atom. The van der Waals surface area contributed by atoms with Crippen LogP contribution in [0.2, 0.25) is 0 Å². The number of anilines is 1. The predicted octanol–water partition coefficient (Wildman–Crippen LogP) is 5.89. The summed E-state index contributed by atoms with van der Waals surface area (Å²) in [7, 11) is 1.53. The maximum absolute atomic E-state index is 12.9. The van der Waals surface area contributed by atoms with Gasteiger partial charge in [-0.05, 0) is 81.9 Å². The second kappa shape index (κ2) is 12.0. The maximum atomic E-state index is 12.9. The van der Waals surface area contributed by atoms with E-state index in [2.05, 4.69) is 47.3 Å². The van der Waals surface area contributed by atoms with Crippen molar-refractivity contribution in [2.24, 2.45) is 0 Å². The molecule has 0 radical (unpaired) electrons. The molecule has 3 aromatic carbocycles. The number of carbonyl (C=O) groups is 2. The van der Waals surface area contributed by atoms with Gasteiger partial charge in [-0.25, -0.2) is 5.01 Å². The first-order valence-electron chi connectivity index (χ1n) is 12.1. The molecule has 2 amide bonds. The first-order chi connectivity index (χ1) is 17.9. The van der Waals surface area contributed by atoms with Gasteiger partial charge in [-0.3, -0.25) is 15.0 Å². The molecule has 0 aromatic heterocycles. The van der Waals surface area contributed by atoms with E-state index in [9.17, 15) is 9.59 Å². The van der Waals surface area contributed by atoms with Crippen LogP contribution in [0.1, 0.15) is 37.3 Å². The van der Waals surface area contributed by atoms with E-state index in [1.165, 1.54) is 23.8 Å². The molecule has 1 aliphatic heterocycles. The number of para-hydroxylation sites is 1. The largest absolute Gasteiger partial charge is 0.493 e. The van der Waals surface area contributed by atoms with Crippen LogP contribution < -0.4 is 24.6 Å². The molecule has 4 rings (SSSR count). The van der Waals surface area contributed by atoms with Crippen LogP contribution in [-0.4, -0.2) is 32.1 Å². The predicted molar refractivity (Wildman–Crippen MR) is 147 cm³/mol. The Morgan fingerprint density at radius 2 is 1.70 bits per heavy atom. The Labute approximate surface area is 225 Å². The first kappa shape index (κ1) is 26.3. The van der Waals surface area contributed by atoms with Crippen LogP contribution in [0.5, 0.6) is 17.2 Å². The van der Waals surface area contributed by atoms with Crippen molar-refractivity contribution in [3.05, 3.63) is 87.9 Å². The molecule has 1 heterocycles. The zero-order valence-electron chi connectivity index (χ0n) is 21.0. The summed E-state index contributed by atoms with van der Waals surface area (Å²) in [6, 6.07) is 20.5. The second-order valence-electron chi connectivity index (χ2n) is 8.58. The van der Waals surface area contributed by atoms with E-state index in [1.54, 1.807) is 36.4 Å². The molecule has 0 aliphatic carbocycles. The number of amides is 2. The number of methoxy groups -OCH3 is 1. The number of halogens is 1. The third kappa shape index (κ3) is 6.14. The fraction of sp³-hybridized carbons (Fsp3) is 0.241. The highest BCUT2D eigenvalue weighted by Crippen LogP contribution is 2.37. The molecular formula is C29H29BrN2O5. The summed E-state index contributed by atoms with van der Waals surface area (Å²) in [6.45, 7) is 5.03. The lowest BCUT2D eigenvalue weighted by molar-refractivity contribution is -0.117. The number of hydrogen-bond donors (Lipinski definition) is 1. The van der Waals surface area contributed by atoms with Gasteiger partial charge in [0, 0.05) is 0 Å². The summed E-state index contributed by atoms with van der Waals surface area (Å²) in [4.78, 5) is 25.4. The maximum Gasteiger partial charge on any atom is 0.282 e. The van der Waals surface area contributed by atoms with Crippen LogP contribution >= 0.6 is 15.9 Å². The minimum Gasteiger partial charge on any atom is -0.493 e. The summed E-state index contributed by atoms with van der Waals surface area (Å²) in [5.74, 6) is 1.37. The van der Waals surface area contributed by atoms with Crippen molar-refractivity contribution in [1.82, 2.24) is 5.43 Å². The van der Waals surface area contributed by atoms with Gasteiger partial charge in [0.2, 0.25) is 0 Å². The quantitative estimate of drug-likeness (QED) is 0.189. The lowest BCUT2D eigenvalue weighted by Crippen LogP contribution is -2.35. The standard InChI is InChI=1S/C29H29BrN2O5/c1-4-19(2)21-10-12-23(13-11-21)36-14-15-37-27-25(30)17-20(18-26(27)35-3)16-24-28(33)31-32(29(24)34)22-8-6-5-7-9-22/h5-13,16-19H,4,14-15H2,1-3H3,(H,31,33)/b24-16-/t19-/m1/s1. The third-order valence-corrected chi connectivity index (χ3v) is 6.72. The average molecular weight is 565 g/mol. The molecular weight excluding hydrogens is 536 g/mol. The van der Waals surface area contributed by atoms with Crippen molar-refractivity contribution in [1.29, 1.82) is 0 Å². The van der Waals surface area contributed by atoms with E-state index in [0.29, 0.717) is 46.4 Å². The topological polar surface area (TPSA) is 77.1 Å². The van der Waals surface area contributed by atoms with Crippen LogP contribution in [0.4, 0.5) is 5.69 Å². The highest BCUT2D eigenvalue weighted by Gasteiger charge is 2.34. The van der Waals surface area contributed by atoms with Crippen molar-refractivity contribution >= 4 is 39.5 Å². The van der Waals surface area contributed by atoms with Gasteiger partial charge in [0.05, 0.1) is 17.3 Å². The fourth-order valence-corrected chi connectivity index (χ4v) is 4.45. The summed E-state index contributed by atoms with van der Waals surface area (Å²) in [5, 5.41) is 1.23. The summed E-state index contributed by atoms with van der Waals surface area (Å²) in [6.07, 6.45) is 2.63. The Bertz CT molecular complexity index is 1290. The van der Waals surface area contributed by atoms with Crippen molar-refractivity contribution in [3.63, 3.8) is 0 Å². The Balaban J connectivity index is 1.41. The van der Waals surface area contributed by atoms with Crippen molar-refractivity contribution in [3.8, 4) is 17.2 Å². The molecule has 1 saturated heterocycles. The van der Waals surface area contributed by atoms with Gasteiger partial charge in [-0.2, -0.15) is 0 Å². The van der Waals surface area contributed by atoms with Gasteiger partial charge in [-0.15, -0.1) is 0 Å². The number of nitrogens with one attached hydrogen (secondary N) is 1. The van der Waals surface area contributed by atoms with Gasteiger partial charge < -0.3 is 14.2 Å². The van der Waals surface area contributed by atoms with Gasteiger partial charge in [-0.1, -0.05) is 44.2 Å². The lowest BCUT2D eigenvalue weighted by atomic mass is 9.99. The van der Waals surface area contributed by atoms with Crippen molar-refractivity contribution in [2.45, 2.75) is 26.2 Å². The number of rotatable bonds is 10. The molecule has 192 valence electrons. The Morgan fingerprint density at radius 3 is 2.38 bits per heavy atom. The fourth-order valence-electron chi connectivity index (χ4n) is 3.88. The van der Waals surface area contributed by atoms with E-state index in [4.69, 9.17) is 14.2 Å². The van der Waals surface area contributed by atoms with E-state index in [0.717, 1.165) is 12.2 Å². The molecule has 0 spiro atoms. The van der Waals surface area contributed by atoms with E-state index in [-0.39, 0.29) is 5.57 Å². The van der Waals surface area contributed by atoms with Gasteiger partial charge in [0.15, 0.2) is 11.5 Å². The van der Waals surface area contributed by atoms with Crippen molar-refractivity contribution < 1.29 is 23.8 Å². The second-order valence-corrected chi connectivity index (χ2v) is 9.44. The van der Waals surface area contributed by atoms with Gasteiger partial charge in [0.1, 0.15) is 24.5 Å². The van der Waals surface area contributed by atoms with Crippen molar-refractivity contribution in [2.75, 3.05) is 25.3 Å². The number of ether oxygens (including phenoxy) is 3. The van der Waals surface area contributed by atoms with Crippen LogP contribution in [0, 0.1) is 0 Å². The molecule has 37 heavy (non-hydrogen) atoms. The van der Waals surface area contributed by atoms with E-state index >= 15 is 0 Å². The number of hydrazine groups is 1. The Hall–Kier alpha value is -3.78. The van der Waals surface area contributed by atoms with Crippen LogP contribution in [0.15, 0.2) is 76.8 Å². The van der Waals surface area contributed by atoms with Gasteiger partial charge in [0.25, 0.3) is 11.8 Å². The average Bonchev–Trinajstić information content (AvgIpc) is 3.20. The normalized spacial score (nSPS) is 15.0. The third-order valence-electron chi connectivity index (χ3n) is 6.13. The van der Waals surface area contributed by atoms with E-state index < -0.39 is 11.8 Å². The molecule has 1 aliphatic rings. The molecule has 0 saturated carbocycles. The molecule has 1 atom stereocenters. The van der Waals surface area contributed by atoms with Crippen LogP contribution in [0.3, 0.4) is 0 Å². The van der Waals surface area contributed by atoms with E-state index in [1.807, 2.05) is 18.2 Å². The number of carbonyl (C=O) groups excluding carboxylic acids is 2. The molecule has 7 nitrogen and oxygen atoms in total. The number of benzene rings is 3. The molecule has 0 unspecified atom stereocenters. The molecule has 3 aromatic rings. The first-order valence-corrected chi connectivity index (χ1v) is 12.9. The zero-order chi connectivity index (χ0) is 26.4. The van der Waals surface area contributed by atoms with Crippen LogP contribution in [0.25, 0.3) is 6.08 Å². The highest BCUT2D eigenvalue weighted by molar-refractivity contribution is 9.10. The molecule has 8 heteroatoms. The lowest BCUT2D eigenvalue weighted by Gasteiger charge is -2.15. The Kier molecular flexibility index (Phi) is 8.50. The highest BCUT2D eigenvalue weighted by atomic mass is 79.9. The van der Waals surface area contributed by atoms with Gasteiger partial charge >= 0.3 is 0 Å². The monoisotopic (exact) mass is 564 g/mol. The van der Waals surface area contributed by atoms with Crippen LogP contribution in [-0.2, 0) is 9.59 Å².